The molecule has 0 amide bonds. The Balaban J connectivity index is 2.18. The van der Waals surface area contributed by atoms with Crippen molar-refractivity contribution in [2.24, 2.45) is 0 Å². The zero-order valence-electron chi connectivity index (χ0n) is 6.90. The van der Waals surface area contributed by atoms with E-state index in [1.165, 1.54) is 0 Å². The van der Waals surface area contributed by atoms with Gasteiger partial charge in [-0.3, -0.25) is 4.84 Å². The van der Waals surface area contributed by atoms with Crippen LogP contribution in [-0.2, 0) is 4.84 Å². The Kier molecular flexibility index (Phi) is 1.84. The van der Waals surface area contributed by atoms with Gasteiger partial charge in [-0.05, 0) is 25.1 Å². The normalized spacial score (nSPS) is 21.8. The molecule has 1 aromatic rings. The molecule has 0 aliphatic carbocycles. The van der Waals surface area contributed by atoms with Gasteiger partial charge in [0, 0.05) is 0 Å². The van der Waals surface area contributed by atoms with E-state index in [0.717, 1.165) is 5.69 Å². The molecule has 0 fully saturated rings. The van der Waals surface area contributed by atoms with Gasteiger partial charge in [-0.1, -0.05) is 18.2 Å². The van der Waals surface area contributed by atoms with Gasteiger partial charge < -0.3 is 0 Å². The first-order chi connectivity index (χ1) is 5.86. The zero-order valence-corrected chi connectivity index (χ0v) is 6.90. The van der Waals surface area contributed by atoms with Crippen molar-refractivity contribution in [1.29, 1.82) is 0 Å². The Bertz CT molecular complexity index is 281. The summed E-state index contributed by atoms with van der Waals surface area (Å²) in [7, 11) is 0. The maximum Gasteiger partial charge on any atom is 0.104 e. The summed E-state index contributed by atoms with van der Waals surface area (Å²) in [6, 6.07) is 9.90. The molecule has 1 atom stereocenters. The van der Waals surface area contributed by atoms with Crippen LogP contribution in [0, 0.1) is 6.20 Å². The average molecular weight is 160 g/mol. The lowest BCUT2D eigenvalue weighted by atomic mass is 10.3. The summed E-state index contributed by atoms with van der Waals surface area (Å²) in [5, 5.41) is 1.66. The molecule has 0 N–H and O–H groups in total. The molecule has 2 rings (SSSR count). The van der Waals surface area contributed by atoms with Crippen molar-refractivity contribution in [2.75, 3.05) is 5.06 Å². The third kappa shape index (κ3) is 1.34. The molecule has 1 aromatic carbocycles. The molecule has 1 aliphatic rings. The van der Waals surface area contributed by atoms with E-state index in [2.05, 4.69) is 6.20 Å². The lowest BCUT2D eigenvalue weighted by Gasteiger charge is -2.14. The van der Waals surface area contributed by atoms with Crippen molar-refractivity contribution < 1.29 is 4.84 Å². The largest absolute Gasteiger partial charge is 0.261 e. The first-order valence-electron chi connectivity index (χ1n) is 3.98. The first-order valence-corrected chi connectivity index (χ1v) is 3.98. The number of rotatable bonds is 1. The van der Waals surface area contributed by atoms with Crippen LogP contribution in [0.4, 0.5) is 5.69 Å². The molecule has 1 unspecified atom stereocenters. The van der Waals surface area contributed by atoms with E-state index in [1.54, 1.807) is 5.06 Å². The van der Waals surface area contributed by atoms with Crippen LogP contribution in [0.1, 0.15) is 6.92 Å². The Morgan fingerprint density at radius 2 is 2.08 bits per heavy atom. The second-order valence-electron chi connectivity index (χ2n) is 2.74. The van der Waals surface area contributed by atoms with E-state index < -0.39 is 0 Å². The molecule has 61 valence electrons. The Hall–Kier alpha value is -1.28. The average Bonchev–Trinajstić information content (AvgIpc) is 2.54. The van der Waals surface area contributed by atoms with E-state index in [1.807, 2.05) is 43.3 Å². The number of hydrogen-bond acceptors (Lipinski definition) is 2. The van der Waals surface area contributed by atoms with Gasteiger partial charge >= 0.3 is 0 Å². The smallest absolute Gasteiger partial charge is 0.104 e. The number of benzene rings is 1. The van der Waals surface area contributed by atoms with Crippen LogP contribution in [0.3, 0.4) is 0 Å². The van der Waals surface area contributed by atoms with Gasteiger partial charge in [-0.2, -0.15) is 0 Å². The summed E-state index contributed by atoms with van der Waals surface area (Å²) in [6.07, 6.45) is 5.03. The number of nitrogens with zero attached hydrogens (tertiary/aromatic N) is 1. The fraction of sp³-hybridized carbons (Fsp3) is 0.200. The van der Waals surface area contributed by atoms with Crippen LogP contribution < -0.4 is 5.06 Å². The van der Waals surface area contributed by atoms with Gasteiger partial charge in [0.15, 0.2) is 0 Å². The predicted octanol–water partition coefficient (Wildman–Crippen LogP) is 2.14. The maximum absolute atomic E-state index is 5.41. The van der Waals surface area contributed by atoms with Gasteiger partial charge in [0.1, 0.15) is 6.10 Å². The summed E-state index contributed by atoms with van der Waals surface area (Å²) in [4.78, 5) is 5.41. The van der Waals surface area contributed by atoms with E-state index in [-0.39, 0.29) is 6.10 Å². The van der Waals surface area contributed by atoms with Gasteiger partial charge in [0.2, 0.25) is 0 Å². The molecule has 0 spiro atoms. The van der Waals surface area contributed by atoms with Crippen LogP contribution in [0.25, 0.3) is 0 Å². The Morgan fingerprint density at radius 1 is 1.33 bits per heavy atom. The third-order valence-corrected chi connectivity index (χ3v) is 1.69. The highest BCUT2D eigenvalue weighted by atomic mass is 16.7. The van der Waals surface area contributed by atoms with Crippen molar-refractivity contribution in [2.45, 2.75) is 13.0 Å². The minimum absolute atomic E-state index is 0.130. The SMILES string of the molecule is CC1C=[C]N(c2ccccc2)O1. The molecule has 1 heterocycles. The molecule has 12 heavy (non-hydrogen) atoms. The molecular formula is C10H10NO. The first kappa shape index (κ1) is 7.37. The van der Waals surface area contributed by atoms with Crippen LogP contribution in [0.15, 0.2) is 36.4 Å². The molecule has 0 aromatic heterocycles. The van der Waals surface area contributed by atoms with Gasteiger partial charge in [0.25, 0.3) is 0 Å². The van der Waals surface area contributed by atoms with E-state index in [0.29, 0.717) is 0 Å². The topological polar surface area (TPSA) is 12.5 Å². The Morgan fingerprint density at radius 3 is 2.67 bits per heavy atom. The van der Waals surface area contributed by atoms with Crippen LogP contribution in [-0.4, -0.2) is 6.10 Å². The molecule has 0 saturated heterocycles. The van der Waals surface area contributed by atoms with Crippen molar-refractivity contribution in [3.8, 4) is 0 Å². The van der Waals surface area contributed by atoms with Crippen LogP contribution >= 0.6 is 0 Å². The lowest BCUT2D eigenvalue weighted by molar-refractivity contribution is 0.112. The van der Waals surface area contributed by atoms with E-state index in [9.17, 15) is 0 Å². The summed E-state index contributed by atoms with van der Waals surface area (Å²) < 4.78 is 0. The van der Waals surface area contributed by atoms with Gasteiger partial charge in [-0.15, -0.1) is 0 Å². The van der Waals surface area contributed by atoms with Crippen LogP contribution in [0.5, 0.6) is 0 Å². The van der Waals surface area contributed by atoms with Gasteiger partial charge in [-0.25, -0.2) is 5.06 Å². The molecule has 0 bridgehead atoms. The number of anilines is 1. The van der Waals surface area contributed by atoms with Crippen LogP contribution in [0.2, 0.25) is 0 Å². The third-order valence-electron chi connectivity index (χ3n) is 1.69. The predicted molar refractivity (Wildman–Crippen MR) is 47.3 cm³/mol. The number of hydroxylamine groups is 1. The van der Waals surface area contributed by atoms with E-state index in [4.69, 9.17) is 4.84 Å². The molecule has 1 radical (unpaired) electrons. The standard InChI is InChI=1S/C10H10NO/c1-9-7-8-11(12-9)10-5-3-2-4-6-10/h2-7,9H,1H3. The lowest BCUT2D eigenvalue weighted by Crippen LogP contribution is -2.15. The summed E-state index contributed by atoms with van der Waals surface area (Å²) in [5.74, 6) is 0. The highest BCUT2D eigenvalue weighted by molar-refractivity contribution is 5.45. The Labute approximate surface area is 72.0 Å². The summed E-state index contributed by atoms with van der Waals surface area (Å²) >= 11 is 0. The highest BCUT2D eigenvalue weighted by Gasteiger charge is 2.13. The minimum Gasteiger partial charge on any atom is -0.261 e. The van der Waals surface area contributed by atoms with Gasteiger partial charge in [0.05, 0.1) is 11.9 Å². The van der Waals surface area contributed by atoms with Crippen molar-refractivity contribution in [1.82, 2.24) is 0 Å². The molecule has 2 heteroatoms. The molecular weight excluding hydrogens is 150 g/mol. The molecule has 2 nitrogen and oxygen atoms in total. The van der Waals surface area contributed by atoms with Crippen molar-refractivity contribution in [3.05, 3.63) is 42.6 Å². The minimum atomic E-state index is 0.130. The van der Waals surface area contributed by atoms with Crippen molar-refractivity contribution in [3.63, 3.8) is 0 Å². The summed E-state index contributed by atoms with van der Waals surface area (Å²) in [5.41, 5.74) is 1.01. The quantitative estimate of drug-likeness (QED) is 0.624. The second kappa shape index (κ2) is 2.99. The van der Waals surface area contributed by atoms with E-state index >= 15 is 0 Å². The fourth-order valence-corrected chi connectivity index (χ4v) is 1.10. The van der Waals surface area contributed by atoms with Crippen molar-refractivity contribution >= 4 is 5.69 Å². The number of hydrogen-bond donors (Lipinski definition) is 0. The number of para-hydroxylation sites is 1. The second-order valence-corrected chi connectivity index (χ2v) is 2.74. The fourth-order valence-electron chi connectivity index (χ4n) is 1.10. The molecule has 1 aliphatic heterocycles. The summed E-state index contributed by atoms with van der Waals surface area (Å²) in [6.45, 7) is 1.98. The maximum atomic E-state index is 5.41. The molecule has 0 saturated carbocycles. The monoisotopic (exact) mass is 160 g/mol. The zero-order chi connectivity index (χ0) is 8.39. The highest BCUT2D eigenvalue weighted by Crippen LogP contribution is 2.19.